The highest BCUT2D eigenvalue weighted by atomic mass is 35.5. The minimum Gasteiger partial charge on any atom is -0.462 e. The minimum atomic E-state index is -0.548. The zero-order valence-electron chi connectivity index (χ0n) is 15.7. The predicted octanol–water partition coefficient (Wildman–Crippen LogP) is 4.82. The molecule has 0 aliphatic carbocycles. The fourth-order valence-electron chi connectivity index (χ4n) is 3.99. The maximum absolute atomic E-state index is 6.66. The zero-order valence-corrected chi connectivity index (χ0v) is 16.4. The average molecular weight is 397 g/mol. The second-order valence-electron chi connectivity index (χ2n) is 7.24. The third-order valence-corrected chi connectivity index (χ3v) is 6.00. The van der Waals surface area contributed by atoms with Gasteiger partial charge in [-0.2, -0.15) is 5.06 Å². The second-order valence-corrected chi connectivity index (χ2v) is 7.62. The van der Waals surface area contributed by atoms with Crippen LogP contribution >= 0.6 is 11.6 Å². The topological polar surface area (TPSA) is 43.8 Å². The molecule has 0 bridgehead atoms. The lowest BCUT2D eigenvalue weighted by atomic mass is 9.99. The van der Waals surface area contributed by atoms with Gasteiger partial charge in [0, 0.05) is 48.6 Å². The van der Waals surface area contributed by atoms with Gasteiger partial charge in [-0.25, -0.2) is 0 Å². The molecule has 28 heavy (non-hydrogen) atoms. The van der Waals surface area contributed by atoms with Crippen molar-refractivity contribution in [3.8, 4) is 16.9 Å². The number of piperidine rings is 1. The van der Waals surface area contributed by atoms with Crippen LogP contribution in [-0.4, -0.2) is 36.0 Å². The molecular weight excluding hydrogens is 376 g/mol. The summed E-state index contributed by atoms with van der Waals surface area (Å²) in [6.07, 6.45) is 3.33. The van der Waals surface area contributed by atoms with E-state index in [4.69, 9.17) is 25.9 Å². The Bertz CT molecular complexity index is 1030. The molecule has 5 rings (SSSR count). The fraction of sp³-hybridized carbons (Fsp3) is 0.318. The van der Waals surface area contributed by atoms with Gasteiger partial charge in [-0.3, -0.25) is 4.98 Å². The van der Waals surface area contributed by atoms with Crippen molar-refractivity contribution in [3.63, 3.8) is 0 Å². The number of ether oxygens (including phenoxy) is 2. The van der Waals surface area contributed by atoms with Gasteiger partial charge in [0.25, 0.3) is 0 Å². The van der Waals surface area contributed by atoms with Gasteiger partial charge in [0.15, 0.2) is 0 Å². The van der Waals surface area contributed by atoms with Crippen LogP contribution in [0.15, 0.2) is 48.7 Å². The third kappa shape index (κ3) is 3.05. The molecule has 6 heteroatoms. The molecule has 0 amide bonds. The highest BCUT2D eigenvalue weighted by Gasteiger charge is 2.41. The Kier molecular flexibility index (Phi) is 4.48. The molecule has 2 aromatic carbocycles. The van der Waals surface area contributed by atoms with Crippen LogP contribution in [0.4, 0.5) is 0 Å². The molecule has 0 atom stereocenters. The monoisotopic (exact) mass is 396 g/mol. The van der Waals surface area contributed by atoms with Crippen LogP contribution in [0.5, 0.6) is 5.75 Å². The molecule has 144 valence electrons. The fourth-order valence-corrected chi connectivity index (χ4v) is 4.32. The molecule has 0 unspecified atom stereocenters. The summed E-state index contributed by atoms with van der Waals surface area (Å²) < 4.78 is 12.5. The quantitative estimate of drug-likeness (QED) is 0.621. The van der Waals surface area contributed by atoms with Crippen molar-refractivity contribution >= 4 is 22.5 Å². The van der Waals surface area contributed by atoms with Crippen molar-refractivity contribution in [2.75, 3.05) is 20.2 Å². The lowest BCUT2D eigenvalue weighted by Gasteiger charge is -2.43. The summed E-state index contributed by atoms with van der Waals surface area (Å²) in [5.41, 5.74) is 3.85. The normalized spacial score (nSPS) is 18.8. The Labute approximate surface area is 168 Å². The van der Waals surface area contributed by atoms with E-state index in [0.717, 1.165) is 59.3 Å². The number of rotatable bonds is 2. The summed E-state index contributed by atoms with van der Waals surface area (Å²) in [6.45, 7) is 2.12. The molecule has 1 fully saturated rings. The van der Waals surface area contributed by atoms with Crippen LogP contribution in [0, 0.1) is 0 Å². The second kappa shape index (κ2) is 7.01. The molecule has 3 heterocycles. The van der Waals surface area contributed by atoms with Crippen LogP contribution in [0.25, 0.3) is 22.0 Å². The summed E-state index contributed by atoms with van der Waals surface area (Å²) in [7, 11) is 1.70. The van der Waals surface area contributed by atoms with Gasteiger partial charge in [0.1, 0.15) is 5.75 Å². The summed E-state index contributed by atoms with van der Waals surface area (Å²) in [5.74, 6) is 0.338. The number of aromatic nitrogens is 1. The molecule has 0 radical (unpaired) electrons. The van der Waals surface area contributed by atoms with E-state index in [1.165, 1.54) is 0 Å². The smallest absolute Gasteiger partial charge is 0.213 e. The number of hydrogen-bond donors (Lipinski definition) is 0. The number of benzene rings is 2. The van der Waals surface area contributed by atoms with E-state index in [1.54, 1.807) is 13.3 Å². The van der Waals surface area contributed by atoms with Gasteiger partial charge in [-0.05, 0) is 23.8 Å². The van der Waals surface area contributed by atoms with Crippen LogP contribution in [0.3, 0.4) is 0 Å². The van der Waals surface area contributed by atoms with Crippen molar-refractivity contribution in [1.82, 2.24) is 10.0 Å². The maximum atomic E-state index is 6.66. The molecule has 1 aromatic heterocycles. The number of hydroxylamine groups is 2. The van der Waals surface area contributed by atoms with Crippen LogP contribution in [-0.2, 0) is 16.2 Å². The van der Waals surface area contributed by atoms with Crippen molar-refractivity contribution < 1.29 is 14.3 Å². The Morgan fingerprint density at radius 2 is 2.00 bits per heavy atom. The van der Waals surface area contributed by atoms with E-state index in [-0.39, 0.29) is 0 Å². The number of fused-ring (bicyclic) bond motifs is 2. The summed E-state index contributed by atoms with van der Waals surface area (Å²) in [5, 5.41) is 3.64. The standard InChI is InChI=1S/C22H21ClN2O3/c1-26-25-11-8-22(9-12-25)27-14-17-13-16(5-7-19(17)28-22)18-6-4-15-3-2-10-24-21(15)20(18)23/h2-7,10,13H,8-9,11-12,14H2,1H3. The van der Waals surface area contributed by atoms with E-state index < -0.39 is 5.79 Å². The van der Waals surface area contributed by atoms with Crippen molar-refractivity contribution in [1.29, 1.82) is 0 Å². The minimum absolute atomic E-state index is 0.527. The SMILES string of the molecule is CON1CCC2(CC1)OCc1cc(-c3ccc4cccnc4c3Cl)ccc1O2. The van der Waals surface area contributed by atoms with Gasteiger partial charge in [0.05, 0.1) is 24.3 Å². The molecule has 1 saturated heterocycles. The molecule has 3 aromatic rings. The number of halogens is 1. The maximum Gasteiger partial charge on any atom is 0.213 e. The molecule has 1 spiro atoms. The van der Waals surface area contributed by atoms with Crippen molar-refractivity contribution in [2.45, 2.75) is 25.2 Å². The lowest BCUT2D eigenvalue weighted by Crippen LogP contribution is -2.50. The molecule has 0 saturated carbocycles. The summed E-state index contributed by atoms with van der Waals surface area (Å²) in [4.78, 5) is 9.73. The Balaban J connectivity index is 1.45. The largest absolute Gasteiger partial charge is 0.462 e. The highest BCUT2D eigenvalue weighted by molar-refractivity contribution is 6.37. The van der Waals surface area contributed by atoms with E-state index in [0.29, 0.717) is 11.6 Å². The first-order valence-corrected chi connectivity index (χ1v) is 9.84. The predicted molar refractivity (Wildman–Crippen MR) is 108 cm³/mol. The average Bonchev–Trinajstić information content (AvgIpc) is 2.75. The summed E-state index contributed by atoms with van der Waals surface area (Å²) >= 11 is 6.66. The van der Waals surface area contributed by atoms with E-state index in [9.17, 15) is 0 Å². The highest BCUT2D eigenvalue weighted by Crippen LogP contribution is 2.40. The third-order valence-electron chi connectivity index (χ3n) is 5.61. The molecule has 0 N–H and O–H groups in total. The Morgan fingerprint density at radius 1 is 1.14 bits per heavy atom. The van der Waals surface area contributed by atoms with E-state index in [2.05, 4.69) is 23.2 Å². The summed E-state index contributed by atoms with van der Waals surface area (Å²) in [6, 6.07) is 14.2. The molecular formula is C22H21ClN2O3. The first-order chi connectivity index (χ1) is 13.7. The van der Waals surface area contributed by atoms with Gasteiger partial charge < -0.3 is 14.3 Å². The Hall–Kier alpha value is -2.18. The lowest BCUT2D eigenvalue weighted by molar-refractivity contribution is -0.260. The van der Waals surface area contributed by atoms with Gasteiger partial charge in [0.2, 0.25) is 5.79 Å². The van der Waals surface area contributed by atoms with Crippen LogP contribution in [0.1, 0.15) is 18.4 Å². The van der Waals surface area contributed by atoms with Gasteiger partial charge in [-0.15, -0.1) is 0 Å². The number of hydrogen-bond acceptors (Lipinski definition) is 5. The Morgan fingerprint density at radius 3 is 2.82 bits per heavy atom. The number of nitrogens with zero attached hydrogens (tertiary/aromatic N) is 2. The van der Waals surface area contributed by atoms with Crippen LogP contribution in [0.2, 0.25) is 5.02 Å². The van der Waals surface area contributed by atoms with Crippen LogP contribution < -0.4 is 4.74 Å². The first kappa shape index (κ1) is 17.9. The molecule has 2 aliphatic rings. The van der Waals surface area contributed by atoms with E-state index >= 15 is 0 Å². The van der Waals surface area contributed by atoms with Gasteiger partial charge in [-0.1, -0.05) is 35.9 Å². The molecule has 2 aliphatic heterocycles. The first-order valence-electron chi connectivity index (χ1n) is 9.46. The van der Waals surface area contributed by atoms with Crippen molar-refractivity contribution in [3.05, 3.63) is 59.2 Å². The van der Waals surface area contributed by atoms with Gasteiger partial charge >= 0.3 is 0 Å². The van der Waals surface area contributed by atoms with E-state index in [1.807, 2.05) is 29.3 Å². The zero-order chi connectivity index (χ0) is 19.1. The van der Waals surface area contributed by atoms with Crippen molar-refractivity contribution in [2.24, 2.45) is 0 Å². The molecule has 5 nitrogen and oxygen atoms in total. The number of pyridine rings is 1.